The first-order valence-electron chi connectivity index (χ1n) is 4.93. The number of anilines is 1. The minimum atomic E-state index is -0.249. The van der Waals surface area contributed by atoms with Crippen molar-refractivity contribution in [3.8, 4) is 0 Å². The van der Waals surface area contributed by atoms with Crippen LogP contribution in [0.2, 0.25) is 0 Å². The molecule has 1 N–H and O–H groups in total. The number of rotatable bonds is 2. The summed E-state index contributed by atoms with van der Waals surface area (Å²) in [5, 5.41) is 0. The number of carbonyl (C=O) groups excluding carboxylic acids is 1. The number of nitrogens with one attached hydrogen (secondary N) is 1. The monoisotopic (exact) mass is 282 g/mol. The SMILES string of the molecule is C=CC1CC(=O)N(c2cc(Br)c[nH]c2=O)C1. The van der Waals surface area contributed by atoms with Gasteiger partial charge in [-0.25, -0.2) is 0 Å². The molecule has 0 spiro atoms. The third kappa shape index (κ3) is 1.95. The second kappa shape index (κ2) is 4.25. The molecule has 4 nitrogen and oxygen atoms in total. The molecule has 16 heavy (non-hydrogen) atoms. The van der Waals surface area contributed by atoms with E-state index in [4.69, 9.17) is 0 Å². The highest BCUT2D eigenvalue weighted by Gasteiger charge is 2.30. The maximum Gasteiger partial charge on any atom is 0.271 e. The summed E-state index contributed by atoms with van der Waals surface area (Å²) in [6.45, 7) is 4.20. The molecule has 2 rings (SSSR count). The second-order valence-corrected chi connectivity index (χ2v) is 4.65. The summed E-state index contributed by atoms with van der Waals surface area (Å²) in [7, 11) is 0. The minimum Gasteiger partial charge on any atom is -0.326 e. The van der Waals surface area contributed by atoms with E-state index in [1.54, 1.807) is 18.3 Å². The van der Waals surface area contributed by atoms with Crippen molar-refractivity contribution in [2.45, 2.75) is 6.42 Å². The van der Waals surface area contributed by atoms with Crippen LogP contribution >= 0.6 is 15.9 Å². The largest absolute Gasteiger partial charge is 0.326 e. The summed E-state index contributed by atoms with van der Waals surface area (Å²) in [6.07, 6.45) is 3.73. The minimum absolute atomic E-state index is 0.0338. The van der Waals surface area contributed by atoms with Gasteiger partial charge in [0.1, 0.15) is 5.69 Å². The topological polar surface area (TPSA) is 53.2 Å². The first-order chi connectivity index (χ1) is 7.61. The smallest absolute Gasteiger partial charge is 0.271 e. The lowest BCUT2D eigenvalue weighted by molar-refractivity contribution is -0.117. The predicted molar refractivity (Wildman–Crippen MR) is 65.4 cm³/mol. The molecule has 1 fully saturated rings. The van der Waals surface area contributed by atoms with Gasteiger partial charge in [-0.15, -0.1) is 6.58 Å². The van der Waals surface area contributed by atoms with E-state index in [0.717, 1.165) is 4.47 Å². The van der Waals surface area contributed by atoms with Gasteiger partial charge in [0.15, 0.2) is 0 Å². The van der Waals surface area contributed by atoms with Crippen LogP contribution in [0.4, 0.5) is 5.69 Å². The van der Waals surface area contributed by atoms with Gasteiger partial charge in [-0.2, -0.15) is 0 Å². The molecule has 1 atom stereocenters. The van der Waals surface area contributed by atoms with Crippen molar-refractivity contribution in [1.82, 2.24) is 4.98 Å². The van der Waals surface area contributed by atoms with E-state index in [0.29, 0.717) is 18.7 Å². The molecule has 0 radical (unpaired) electrons. The quantitative estimate of drug-likeness (QED) is 0.839. The first-order valence-corrected chi connectivity index (χ1v) is 5.72. The highest BCUT2D eigenvalue weighted by molar-refractivity contribution is 9.10. The lowest BCUT2D eigenvalue weighted by atomic mass is 10.1. The molecule has 0 bridgehead atoms. The zero-order valence-corrected chi connectivity index (χ0v) is 10.2. The number of nitrogens with zero attached hydrogens (tertiary/aromatic N) is 1. The maximum atomic E-state index is 11.7. The van der Waals surface area contributed by atoms with Crippen molar-refractivity contribution < 1.29 is 4.79 Å². The van der Waals surface area contributed by atoms with Crippen LogP contribution in [0.3, 0.4) is 0 Å². The number of hydrogen-bond donors (Lipinski definition) is 1. The molecule has 2 heterocycles. The Kier molecular flexibility index (Phi) is 2.96. The number of hydrogen-bond acceptors (Lipinski definition) is 2. The van der Waals surface area contributed by atoms with Crippen LogP contribution in [0.1, 0.15) is 6.42 Å². The van der Waals surface area contributed by atoms with E-state index in [2.05, 4.69) is 27.5 Å². The van der Waals surface area contributed by atoms with Gasteiger partial charge in [-0.1, -0.05) is 6.08 Å². The van der Waals surface area contributed by atoms with E-state index >= 15 is 0 Å². The summed E-state index contributed by atoms with van der Waals surface area (Å²) in [5.41, 5.74) is 0.144. The Bertz CT molecular complexity index is 495. The van der Waals surface area contributed by atoms with Crippen LogP contribution in [0.15, 0.2) is 34.2 Å². The Morgan fingerprint density at radius 1 is 1.56 bits per heavy atom. The fraction of sp³-hybridized carbons (Fsp3) is 0.273. The van der Waals surface area contributed by atoms with Crippen molar-refractivity contribution in [1.29, 1.82) is 0 Å². The van der Waals surface area contributed by atoms with Gasteiger partial charge in [0.05, 0.1) is 0 Å². The van der Waals surface area contributed by atoms with E-state index in [9.17, 15) is 9.59 Å². The van der Waals surface area contributed by atoms with Gasteiger partial charge in [-0.3, -0.25) is 9.59 Å². The molecular formula is C11H11BrN2O2. The summed E-state index contributed by atoms with van der Waals surface area (Å²) in [5.74, 6) is 0.0966. The highest BCUT2D eigenvalue weighted by Crippen LogP contribution is 2.24. The van der Waals surface area contributed by atoms with E-state index < -0.39 is 0 Å². The Balaban J connectivity index is 2.38. The molecule has 1 aromatic rings. The number of carbonyl (C=O) groups is 1. The molecular weight excluding hydrogens is 272 g/mol. The molecule has 1 amide bonds. The van der Waals surface area contributed by atoms with Crippen LogP contribution < -0.4 is 10.5 Å². The Morgan fingerprint density at radius 3 is 2.94 bits per heavy atom. The fourth-order valence-electron chi connectivity index (χ4n) is 1.77. The number of pyridine rings is 1. The van der Waals surface area contributed by atoms with E-state index in [1.165, 1.54) is 4.90 Å². The second-order valence-electron chi connectivity index (χ2n) is 3.74. The Hall–Kier alpha value is -1.36. The summed E-state index contributed by atoms with van der Waals surface area (Å²) in [4.78, 5) is 27.4. The molecule has 1 saturated heterocycles. The molecule has 5 heteroatoms. The third-order valence-electron chi connectivity index (χ3n) is 2.63. The summed E-state index contributed by atoms with van der Waals surface area (Å²) < 4.78 is 0.747. The lowest BCUT2D eigenvalue weighted by Gasteiger charge is -2.14. The van der Waals surface area contributed by atoms with Crippen LogP contribution in [-0.2, 0) is 4.79 Å². The average Bonchev–Trinajstić information content (AvgIpc) is 2.63. The molecule has 1 aromatic heterocycles. The Morgan fingerprint density at radius 2 is 2.31 bits per heavy atom. The summed E-state index contributed by atoms with van der Waals surface area (Å²) >= 11 is 3.27. The molecule has 0 aliphatic carbocycles. The Labute approximate surface area is 101 Å². The van der Waals surface area contributed by atoms with Gasteiger partial charge in [0.25, 0.3) is 5.56 Å². The van der Waals surface area contributed by atoms with E-state index in [-0.39, 0.29) is 17.4 Å². The molecule has 0 aromatic carbocycles. The van der Waals surface area contributed by atoms with Gasteiger partial charge < -0.3 is 9.88 Å². The predicted octanol–water partition coefficient (Wildman–Crippen LogP) is 1.68. The number of H-pyrrole nitrogens is 1. The van der Waals surface area contributed by atoms with Crippen molar-refractivity contribution >= 4 is 27.5 Å². The zero-order chi connectivity index (χ0) is 11.7. The van der Waals surface area contributed by atoms with Crippen molar-refractivity contribution in [3.63, 3.8) is 0 Å². The molecule has 0 saturated carbocycles. The zero-order valence-electron chi connectivity index (χ0n) is 8.57. The molecule has 1 unspecified atom stereocenters. The van der Waals surface area contributed by atoms with Crippen molar-refractivity contribution in [2.24, 2.45) is 5.92 Å². The normalized spacial score (nSPS) is 20.2. The highest BCUT2D eigenvalue weighted by atomic mass is 79.9. The van der Waals surface area contributed by atoms with Gasteiger partial charge in [-0.05, 0) is 22.0 Å². The fourth-order valence-corrected chi connectivity index (χ4v) is 2.10. The number of halogens is 1. The van der Waals surface area contributed by atoms with Crippen LogP contribution in [0.25, 0.3) is 0 Å². The average molecular weight is 283 g/mol. The van der Waals surface area contributed by atoms with Crippen molar-refractivity contribution in [2.75, 3.05) is 11.4 Å². The van der Waals surface area contributed by atoms with E-state index in [1.807, 2.05) is 0 Å². The molecule has 84 valence electrons. The van der Waals surface area contributed by atoms with Crippen LogP contribution in [0.5, 0.6) is 0 Å². The van der Waals surface area contributed by atoms with Crippen LogP contribution in [-0.4, -0.2) is 17.4 Å². The molecule has 1 aliphatic heterocycles. The first kappa shape index (κ1) is 11.1. The van der Waals surface area contributed by atoms with Gasteiger partial charge >= 0.3 is 0 Å². The van der Waals surface area contributed by atoms with Crippen LogP contribution in [0, 0.1) is 5.92 Å². The standard InChI is InChI=1S/C11H11BrN2O2/c1-2-7-3-10(15)14(6-7)9-4-8(12)5-13-11(9)16/h2,4-5,7H,1,3,6H2,(H,13,16). The lowest BCUT2D eigenvalue weighted by Crippen LogP contribution is -2.30. The van der Waals surface area contributed by atoms with Gasteiger partial charge in [0.2, 0.25) is 5.91 Å². The number of aromatic nitrogens is 1. The summed E-state index contributed by atoms with van der Waals surface area (Å²) in [6, 6.07) is 1.65. The number of aromatic amines is 1. The third-order valence-corrected chi connectivity index (χ3v) is 3.09. The van der Waals surface area contributed by atoms with Gasteiger partial charge in [0, 0.05) is 29.6 Å². The number of amides is 1. The molecule has 1 aliphatic rings. The van der Waals surface area contributed by atoms with Crippen molar-refractivity contribution in [3.05, 3.63) is 39.7 Å². The maximum absolute atomic E-state index is 11.7.